The molecule has 0 aliphatic rings. The van der Waals surface area contributed by atoms with E-state index in [0.29, 0.717) is 11.6 Å². The lowest BCUT2D eigenvalue weighted by Crippen LogP contribution is -2.12. The zero-order valence-corrected chi connectivity index (χ0v) is 11.8. The monoisotopic (exact) mass is 297 g/mol. The van der Waals surface area contributed by atoms with Gasteiger partial charge in [-0.15, -0.1) is 21.8 Å². The molecule has 0 unspecified atom stereocenters. The van der Waals surface area contributed by atoms with Crippen LogP contribution in [0.3, 0.4) is 0 Å². The number of anilines is 1. The number of ether oxygens (including phenoxy) is 1. The molecule has 5 nitrogen and oxygen atoms in total. The topological polar surface area (TPSA) is 64.1 Å². The molecule has 0 aliphatic carbocycles. The Kier molecular flexibility index (Phi) is 4.70. The molecule has 2 rings (SSSR count). The van der Waals surface area contributed by atoms with E-state index in [1.165, 1.54) is 11.3 Å². The van der Waals surface area contributed by atoms with Crippen LogP contribution in [0.5, 0.6) is 5.75 Å². The molecule has 19 heavy (non-hydrogen) atoms. The molecule has 100 valence electrons. The van der Waals surface area contributed by atoms with Crippen molar-refractivity contribution in [3.63, 3.8) is 0 Å². The molecular formula is C12H12ClN3O2S. The van der Waals surface area contributed by atoms with Crippen molar-refractivity contribution in [2.24, 2.45) is 0 Å². The van der Waals surface area contributed by atoms with Gasteiger partial charge in [0.1, 0.15) is 16.6 Å². The third-order valence-corrected chi connectivity index (χ3v) is 3.43. The number of amides is 1. The molecule has 7 heteroatoms. The number of methoxy groups -OCH3 is 1. The summed E-state index contributed by atoms with van der Waals surface area (Å²) >= 11 is 6.74. The van der Waals surface area contributed by atoms with Gasteiger partial charge >= 0.3 is 0 Å². The molecule has 1 aromatic heterocycles. The van der Waals surface area contributed by atoms with Crippen LogP contribution in [0.1, 0.15) is 10.6 Å². The molecule has 0 saturated carbocycles. The van der Waals surface area contributed by atoms with Crippen LogP contribution >= 0.6 is 22.9 Å². The summed E-state index contributed by atoms with van der Waals surface area (Å²) in [6.45, 7) is 0. The first-order valence-electron chi connectivity index (χ1n) is 5.52. The fraction of sp³-hybridized carbons (Fsp3) is 0.250. The van der Waals surface area contributed by atoms with Gasteiger partial charge in [-0.2, -0.15) is 0 Å². The van der Waals surface area contributed by atoms with Gasteiger partial charge in [0.15, 0.2) is 0 Å². The fourth-order valence-corrected chi connectivity index (χ4v) is 2.30. The zero-order valence-electron chi connectivity index (χ0n) is 10.2. The van der Waals surface area contributed by atoms with Crippen LogP contribution in [0.25, 0.3) is 0 Å². The van der Waals surface area contributed by atoms with Crippen molar-refractivity contribution in [1.29, 1.82) is 0 Å². The van der Waals surface area contributed by atoms with Crippen molar-refractivity contribution in [1.82, 2.24) is 10.2 Å². The summed E-state index contributed by atoms with van der Waals surface area (Å²) in [6.07, 6.45) is 0.665. The third kappa shape index (κ3) is 3.90. The molecule has 0 bridgehead atoms. The Hall–Kier alpha value is -1.66. The number of hydrogen-bond donors (Lipinski definition) is 1. The molecule has 0 radical (unpaired) electrons. The summed E-state index contributed by atoms with van der Waals surface area (Å²) in [5, 5.41) is 11.8. The van der Waals surface area contributed by atoms with E-state index in [2.05, 4.69) is 15.5 Å². The van der Waals surface area contributed by atoms with Gasteiger partial charge < -0.3 is 4.74 Å². The Labute approximate surface area is 119 Å². The van der Waals surface area contributed by atoms with Gasteiger partial charge in [-0.25, -0.2) is 0 Å². The SMILES string of the molecule is COc1ccc(Cc2nnc(NC(=O)CCl)s2)cc1. The van der Waals surface area contributed by atoms with Gasteiger partial charge in [0.05, 0.1) is 7.11 Å². The minimum atomic E-state index is -0.284. The molecule has 1 N–H and O–H groups in total. The van der Waals surface area contributed by atoms with Crippen molar-refractivity contribution in [2.75, 3.05) is 18.3 Å². The first kappa shape index (κ1) is 13.8. The molecule has 0 saturated heterocycles. The van der Waals surface area contributed by atoms with Crippen LogP contribution in [0.15, 0.2) is 24.3 Å². The standard InChI is InChI=1S/C12H12ClN3O2S/c1-18-9-4-2-8(3-5-9)6-11-15-16-12(19-11)14-10(17)7-13/h2-5H,6-7H2,1H3,(H,14,16,17). The normalized spacial score (nSPS) is 10.2. The minimum Gasteiger partial charge on any atom is -0.497 e. The average Bonchev–Trinajstić information content (AvgIpc) is 2.86. The van der Waals surface area contributed by atoms with Gasteiger partial charge in [0.2, 0.25) is 11.0 Å². The largest absolute Gasteiger partial charge is 0.497 e. The maximum atomic E-state index is 11.1. The highest BCUT2D eigenvalue weighted by atomic mass is 35.5. The highest BCUT2D eigenvalue weighted by Gasteiger charge is 2.07. The van der Waals surface area contributed by atoms with E-state index in [1.807, 2.05) is 24.3 Å². The van der Waals surface area contributed by atoms with Gasteiger partial charge in [-0.05, 0) is 17.7 Å². The second kappa shape index (κ2) is 6.49. The van der Waals surface area contributed by atoms with Crippen LogP contribution < -0.4 is 10.1 Å². The minimum absolute atomic E-state index is 0.0899. The fourth-order valence-electron chi connectivity index (χ4n) is 1.45. The number of carbonyl (C=O) groups is 1. The van der Waals surface area contributed by atoms with Crippen LogP contribution in [0.2, 0.25) is 0 Å². The van der Waals surface area contributed by atoms with E-state index in [-0.39, 0.29) is 11.8 Å². The molecule has 1 aromatic carbocycles. The molecular weight excluding hydrogens is 286 g/mol. The Balaban J connectivity index is 2.00. The van der Waals surface area contributed by atoms with E-state index in [9.17, 15) is 4.79 Å². The van der Waals surface area contributed by atoms with E-state index in [4.69, 9.17) is 16.3 Å². The predicted octanol–water partition coefficient (Wildman–Crippen LogP) is 2.31. The summed E-state index contributed by atoms with van der Waals surface area (Å²) in [4.78, 5) is 11.1. The number of nitrogens with zero attached hydrogens (tertiary/aromatic N) is 2. The van der Waals surface area contributed by atoms with Crippen LogP contribution in [0.4, 0.5) is 5.13 Å². The van der Waals surface area contributed by atoms with Crippen molar-refractivity contribution < 1.29 is 9.53 Å². The number of nitrogens with one attached hydrogen (secondary N) is 1. The van der Waals surface area contributed by atoms with Crippen molar-refractivity contribution in [3.8, 4) is 5.75 Å². The Bertz CT molecular complexity index is 556. The Morgan fingerprint density at radius 2 is 2.11 bits per heavy atom. The molecule has 2 aromatic rings. The summed E-state index contributed by atoms with van der Waals surface area (Å²) in [5.41, 5.74) is 1.10. The number of carbonyl (C=O) groups excluding carboxylic acids is 1. The van der Waals surface area contributed by atoms with Crippen molar-refractivity contribution >= 4 is 34.0 Å². The zero-order chi connectivity index (χ0) is 13.7. The Morgan fingerprint density at radius 3 is 2.74 bits per heavy atom. The van der Waals surface area contributed by atoms with Crippen molar-refractivity contribution in [3.05, 3.63) is 34.8 Å². The summed E-state index contributed by atoms with van der Waals surface area (Å²) in [5.74, 6) is 0.442. The molecule has 1 heterocycles. The number of halogens is 1. The van der Waals surface area contributed by atoms with E-state index < -0.39 is 0 Å². The van der Waals surface area contributed by atoms with Crippen LogP contribution in [-0.4, -0.2) is 29.1 Å². The summed E-state index contributed by atoms with van der Waals surface area (Å²) < 4.78 is 5.09. The van der Waals surface area contributed by atoms with Gasteiger partial charge in [0.25, 0.3) is 0 Å². The number of rotatable bonds is 5. The highest BCUT2D eigenvalue weighted by Crippen LogP contribution is 2.20. The Morgan fingerprint density at radius 1 is 1.37 bits per heavy atom. The smallest absolute Gasteiger partial charge is 0.241 e. The maximum absolute atomic E-state index is 11.1. The third-order valence-electron chi connectivity index (χ3n) is 2.35. The second-order valence-corrected chi connectivity index (χ2v) is 5.04. The van der Waals surface area contributed by atoms with E-state index in [0.717, 1.165) is 16.3 Å². The van der Waals surface area contributed by atoms with Gasteiger partial charge in [0, 0.05) is 6.42 Å². The summed E-state index contributed by atoms with van der Waals surface area (Å²) in [6, 6.07) is 7.73. The predicted molar refractivity (Wildman–Crippen MR) is 75.1 cm³/mol. The van der Waals surface area contributed by atoms with E-state index >= 15 is 0 Å². The molecule has 0 fully saturated rings. The van der Waals surface area contributed by atoms with Gasteiger partial charge in [-0.1, -0.05) is 23.5 Å². The molecule has 0 aliphatic heterocycles. The van der Waals surface area contributed by atoms with Crippen molar-refractivity contribution in [2.45, 2.75) is 6.42 Å². The molecule has 0 spiro atoms. The van der Waals surface area contributed by atoms with Crippen LogP contribution in [0, 0.1) is 0 Å². The number of aromatic nitrogens is 2. The number of alkyl halides is 1. The number of benzene rings is 1. The molecule has 0 atom stereocenters. The lowest BCUT2D eigenvalue weighted by molar-refractivity contribution is -0.113. The molecule has 1 amide bonds. The van der Waals surface area contributed by atoms with Gasteiger partial charge in [-0.3, -0.25) is 10.1 Å². The highest BCUT2D eigenvalue weighted by molar-refractivity contribution is 7.15. The summed E-state index contributed by atoms with van der Waals surface area (Å²) in [7, 11) is 1.63. The lowest BCUT2D eigenvalue weighted by atomic mass is 10.1. The quantitative estimate of drug-likeness (QED) is 0.860. The number of hydrogen-bond acceptors (Lipinski definition) is 5. The first-order chi connectivity index (χ1) is 9.21. The second-order valence-electron chi connectivity index (χ2n) is 3.71. The first-order valence-corrected chi connectivity index (χ1v) is 6.87. The van der Waals surface area contributed by atoms with Crippen LogP contribution in [-0.2, 0) is 11.2 Å². The maximum Gasteiger partial charge on any atom is 0.241 e. The average molecular weight is 298 g/mol. The van der Waals surface area contributed by atoms with E-state index in [1.54, 1.807) is 7.11 Å². The lowest BCUT2D eigenvalue weighted by Gasteiger charge is -2.00.